The number of alkyl halides is 3. The van der Waals surface area contributed by atoms with Gasteiger partial charge in [-0.25, -0.2) is 4.79 Å². The van der Waals surface area contributed by atoms with Gasteiger partial charge in [0.05, 0.1) is 5.56 Å². The minimum Gasteiger partial charge on any atom is -0.475 e. The molecule has 1 aromatic heterocycles. The molecule has 4 heterocycles. The molecule has 11 heteroatoms. The van der Waals surface area contributed by atoms with Gasteiger partial charge in [-0.2, -0.15) is 13.2 Å². The molecule has 0 aliphatic carbocycles. The Morgan fingerprint density at radius 2 is 1.64 bits per heavy atom. The van der Waals surface area contributed by atoms with E-state index in [9.17, 15) is 22.8 Å². The number of pyridine rings is 1. The zero-order valence-electron chi connectivity index (χ0n) is 18.2. The first-order chi connectivity index (χ1) is 15.6. The molecule has 3 aliphatic heterocycles. The standard InChI is InChI=1S/C20H27N3O3.C2HF3O2/c24-18(16-3-12-26-13-4-16)22-9-5-20(6-10-22)7-11-23(15-20)19(25)17-2-1-8-21-14-17;3-2(4,5)1(6)7/h1-2,8,14,16H,3-7,9-13,15H2;(H,6,7). The molecule has 0 atom stereocenters. The van der Waals surface area contributed by atoms with Crippen LogP contribution in [0.3, 0.4) is 0 Å². The summed E-state index contributed by atoms with van der Waals surface area (Å²) in [6, 6.07) is 3.63. The third-order valence-corrected chi connectivity index (χ3v) is 6.58. The van der Waals surface area contributed by atoms with E-state index in [4.69, 9.17) is 14.6 Å². The minimum atomic E-state index is -5.08. The average Bonchev–Trinajstić information content (AvgIpc) is 3.23. The number of carboxylic acids is 1. The fraction of sp³-hybridized carbons (Fsp3) is 0.636. The molecule has 0 bridgehead atoms. The summed E-state index contributed by atoms with van der Waals surface area (Å²) in [6.07, 6.45) is 2.99. The summed E-state index contributed by atoms with van der Waals surface area (Å²) in [5.74, 6) is -2.22. The van der Waals surface area contributed by atoms with Crippen LogP contribution in [0.1, 0.15) is 42.5 Å². The second-order valence-electron chi connectivity index (χ2n) is 8.73. The number of ether oxygens (including phenoxy) is 1. The van der Waals surface area contributed by atoms with Crippen LogP contribution in [0.25, 0.3) is 0 Å². The number of nitrogens with zero attached hydrogens (tertiary/aromatic N) is 3. The van der Waals surface area contributed by atoms with E-state index in [2.05, 4.69) is 4.98 Å². The highest BCUT2D eigenvalue weighted by Crippen LogP contribution is 2.41. The smallest absolute Gasteiger partial charge is 0.475 e. The molecule has 182 valence electrons. The number of carbonyl (C=O) groups excluding carboxylic acids is 2. The Labute approximate surface area is 189 Å². The number of likely N-dealkylation sites (tertiary alicyclic amines) is 2. The topological polar surface area (TPSA) is 100 Å². The maximum Gasteiger partial charge on any atom is 0.490 e. The first-order valence-electron chi connectivity index (χ1n) is 11.0. The van der Waals surface area contributed by atoms with Gasteiger partial charge < -0.3 is 19.6 Å². The predicted molar refractivity (Wildman–Crippen MR) is 110 cm³/mol. The van der Waals surface area contributed by atoms with Crippen molar-refractivity contribution in [2.24, 2.45) is 11.3 Å². The number of hydrogen-bond donors (Lipinski definition) is 1. The SMILES string of the molecule is O=C(O)C(F)(F)F.O=C(c1cccnc1)N1CCC2(CCN(C(=O)C3CCOCC3)CC2)C1. The lowest BCUT2D eigenvalue weighted by atomic mass is 9.77. The normalized spacial score (nSPS) is 20.8. The van der Waals surface area contributed by atoms with Crippen LogP contribution in [-0.2, 0) is 14.3 Å². The number of carboxylic acid groups (broad SMARTS) is 1. The molecule has 1 N–H and O–H groups in total. The van der Waals surface area contributed by atoms with Crippen molar-refractivity contribution in [3.63, 3.8) is 0 Å². The van der Waals surface area contributed by atoms with Gasteiger partial charge >= 0.3 is 12.1 Å². The number of aromatic nitrogens is 1. The van der Waals surface area contributed by atoms with Gasteiger partial charge in [0.25, 0.3) is 5.91 Å². The van der Waals surface area contributed by atoms with Gasteiger partial charge in [-0.15, -0.1) is 0 Å². The lowest BCUT2D eigenvalue weighted by Gasteiger charge is -2.40. The molecule has 0 radical (unpaired) electrons. The fourth-order valence-electron chi connectivity index (χ4n) is 4.59. The van der Waals surface area contributed by atoms with Crippen molar-refractivity contribution in [1.29, 1.82) is 0 Å². The monoisotopic (exact) mass is 471 g/mol. The Balaban J connectivity index is 0.000000383. The molecule has 4 rings (SSSR count). The number of aliphatic carboxylic acids is 1. The number of rotatable bonds is 2. The average molecular weight is 471 g/mol. The van der Waals surface area contributed by atoms with Crippen molar-refractivity contribution in [3.8, 4) is 0 Å². The molecule has 0 saturated carbocycles. The van der Waals surface area contributed by atoms with E-state index < -0.39 is 12.1 Å². The third kappa shape index (κ3) is 6.43. The number of hydrogen-bond acceptors (Lipinski definition) is 5. The van der Waals surface area contributed by atoms with E-state index in [0.717, 1.165) is 58.3 Å². The van der Waals surface area contributed by atoms with Gasteiger partial charge in [0.15, 0.2) is 0 Å². The summed E-state index contributed by atoms with van der Waals surface area (Å²) in [4.78, 5) is 42.3. The largest absolute Gasteiger partial charge is 0.490 e. The van der Waals surface area contributed by atoms with E-state index in [-0.39, 0.29) is 17.2 Å². The molecule has 0 unspecified atom stereocenters. The number of halogens is 3. The van der Waals surface area contributed by atoms with Crippen molar-refractivity contribution in [2.45, 2.75) is 38.3 Å². The summed E-state index contributed by atoms with van der Waals surface area (Å²) in [7, 11) is 0. The van der Waals surface area contributed by atoms with Crippen molar-refractivity contribution < 1.29 is 37.4 Å². The summed E-state index contributed by atoms with van der Waals surface area (Å²) in [5.41, 5.74) is 0.848. The maximum atomic E-state index is 12.7. The molecule has 3 saturated heterocycles. The summed E-state index contributed by atoms with van der Waals surface area (Å²) < 4.78 is 37.1. The second-order valence-corrected chi connectivity index (χ2v) is 8.73. The molecule has 3 aliphatic rings. The molecule has 0 aromatic carbocycles. The Kier molecular flexibility index (Phi) is 7.93. The van der Waals surface area contributed by atoms with Gasteiger partial charge in [-0.1, -0.05) is 0 Å². The summed E-state index contributed by atoms with van der Waals surface area (Å²) in [6.45, 7) is 4.68. The highest BCUT2D eigenvalue weighted by atomic mass is 19.4. The highest BCUT2D eigenvalue weighted by Gasteiger charge is 2.43. The molecular weight excluding hydrogens is 443 g/mol. The van der Waals surface area contributed by atoms with E-state index in [1.807, 2.05) is 15.9 Å². The quantitative estimate of drug-likeness (QED) is 0.712. The number of carbonyl (C=O) groups is 3. The van der Waals surface area contributed by atoms with Crippen LogP contribution < -0.4 is 0 Å². The minimum absolute atomic E-state index is 0.0793. The van der Waals surface area contributed by atoms with Gasteiger partial charge in [0.1, 0.15) is 0 Å². The summed E-state index contributed by atoms with van der Waals surface area (Å²) >= 11 is 0. The highest BCUT2D eigenvalue weighted by molar-refractivity contribution is 5.94. The molecule has 2 amide bonds. The zero-order valence-corrected chi connectivity index (χ0v) is 18.2. The van der Waals surface area contributed by atoms with Crippen LogP contribution in [-0.4, -0.2) is 83.2 Å². The van der Waals surface area contributed by atoms with E-state index in [1.165, 1.54) is 0 Å². The lowest BCUT2D eigenvalue weighted by Crippen LogP contribution is -2.47. The number of amides is 2. The first kappa shape index (κ1) is 24.9. The van der Waals surface area contributed by atoms with E-state index in [0.29, 0.717) is 24.7 Å². The molecule has 1 spiro atoms. The molecular formula is C22H28F3N3O5. The van der Waals surface area contributed by atoms with Gasteiger partial charge in [-0.3, -0.25) is 14.6 Å². The third-order valence-electron chi connectivity index (χ3n) is 6.58. The Bertz CT molecular complexity index is 835. The lowest BCUT2D eigenvalue weighted by molar-refractivity contribution is -0.192. The maximum absolute atomic E-state index is 12.7. The van der Waals surface area contributed by atoms with Gasteiger partial charge in [-0.05, 0) is 49.7 Å². The second kappa shape index (κ2) is 10.5. The van der Waals surface area contributed by atoms with E-state index >= 15 is 0 Å². The zero-order chi connectivity index (χ0) is 24.1. The fourth-order valence-corrected chi connectivity index (χ4v) is 4.59. The van der Waals surface area contributed by atoms with Crippen LogP contribution in [0.4, 0.5) is 13.2 Å². The summed E-state index contributed by atoms with van der Waals surface area (Å²) in [5, 5.41) is 7.12. The molecule has 8 nitrogen and oxygen atoms in total. The molecule has 1 aromatic rings. The predicted octanol–water partition coefficient (Wildman–Crippen LogP) is 2.60. The van der Waals surface area contributed by atoms with Crippen LogP contribution in [0.15, 0.2) is 24.5 Å². The number of piperidine rings is 1. The molecule has 3 fully saturated rings. The van der Waals surface area contributed by atoms with Gasteiger partial charge in [0.2, 0.25) is 5.91 Å². The Morgan fingerprint density at radius 3 is 2.15 bits per heavy atom. The molecule has 33 heavy (non-hydrogen) atoms. The van der Waals surface area contributed by atoms with Crippen molar-refractivity contribution in [1.82, 2.24) is 14.8 Å². The van der Waals surface area contributed by atoms with Crippen molar-refractivity contribution in [2.75, 3.05) is 39.4 Å². The Morgan fingerprint density at radius 1 is 1.06 bits per heavy atom. The van der Waals surface area contributed by atoms with Crippen LogP contribution >= 0.6 is 0 Å². The van der Waals surface area contributed by atoms with Crippen molar-refractivity contribution >= 4 is 17.8 Å². The van der Waals surface area contributed by atoms with Crippen LogP contribution in [0.5, 0.6) is 0 Å². The van der Waals surface area contributed by atoms with E-state index in [1.54, 1.807) is 18.5 Å². The van der Waals surface area contributed by atoms with Crippen molar-refractivity contribution in [3.05, 3.63) is 30.1 Å². The van der Waals surface area contributed by atoms with Crippen LogP contribution in [0.2, 0.25) is 0 Å². The van der Waals surface area contributed by atoms with Crippen LogP contribution in [0, 0.1) is 11.3 Å². The Hall–Kier alpha value is -2.69. The first-order valence-corrected chi connectivity index (χ1v) is 11.0. The van der Waals surface area contributed by atoms with Gasteiger partial charge in [0, 0.05) is 57.7 Å².